The number of piperidine rings is 1. The van der Waals surface area contributed by atoms with Crippen LogP contribution in [0.2, 0.25) is 0 Å². The van der Waals surface area contributed by atoms with Gasteiger partial charge in [-0.25, -0.2) is 8.78 Å². The largest absolute Gasteiger partial charge is 0.490 e. The van der Waals surface area contributed by atoms with Crippen molar-refractivity contribution < 1.29 is 27.8 Å². The molecule has 9 nitrogen and oxygen atoms in total. The van der Waals surface area contributed by atoms with Gasteiger partial charge in [0.1, 0.15) is 29.6 Å². The van der Waals surface area contributed by atoms with Crippen molar-refractivity contribution in [1.82, 2.24) is 14.9 Å². The predicted molar refractivity (Wildman–Crippen MR) is 112 cm³/mol. The molecule has 1 saturated heterocycles. The number of methoxy groups -OCH3 is 2. The molecule has 0 unspecified atom stereocenters. The second-order valence-electron chi connectivity index (χ2n) is 7.83. The number of hydrogen-bond donors (Lipinski definition) is 0. The van der Waals surface area contributed by atoms with Gasteiger partial charge >= 0.3 is 0 Å². The number of ether oxygens (including phenoxy) is 3. The van der Waals surface area contributed by atoms with Crippen molar-refractivity contribution >= 4 is 11.7 Å². The van der Waals surface area contributed by atoms with Crippen molar-refractivity contribution in [3.63, 3.8) is 0 Å². The summed E-state index contributed by atoms with van der Waals surface area (Å²) in [6.45, 7) is 1.34. The van der Waals surface area contributed by atoms with Crippen LogP contribution in [0.1, 0.15) is 24.0 Å². The highest BCUT2D eigenvalue weighted by molar-refractivity contribution is 5.86. The Morgan fingerprint density at radius 1 is 1.21 bits per heavy atom. The number of hydrogen-bond acceptors (Lipinski definition) is 8. The first-order valence-corrected chi connectivity index (χ1v) is 10.4. The Hall–Kier alpha value is -3.52. The minimum atomic E-state index is -1.11. The molecule has 0 saturated carbocycles. The molecule has 2 aromatic rings. The van der Waals surface area contributed by atoms with Gasteiger partial charge in [-0.15, -0.1) is 0 Å². The van der Waals surface area contributed by atoms with Crippen molar-refractivity contribution in [2.24, 2.45) is 0 Å². The normalized spacial score (nSPS) is 17.4. The van der Waals surface area contributed by atoms with Gasteiger partial charge < -0.3 is 24.0 Å². The number of pyridine rings is 2. The third-order valence-corrected chi connectivity index (χ3v) is 6.07. The molecule has 0 aromatic carbocycles. The van der Waals surface area contributed by atoms with Gasteiger partial charge in [0.25, 0.3) is 11.8 Å². The Labute approximate surface area is 189 Å². The van der Waals surface area contributed by atoms with Gasteiger partial charge in [-0.3, -0.25) is 9.78 Å². The molecular formula is C22H23F2N5O4. The zero-order valence-electron chi connectivity index (χ0n) is 18.3. The van der Waals surface area contributed by atoms with Gasteiger partial charge in [0.2, 0.25) is 0 Å². The number of anilines is 1. The van der Waals surface area contributed by atoms with Crippen LogP contribution < -0.4 is 14.4 Å². The molecule has 174 valence electrons. The molecule has 1 fully saturated rings. The lowest BCUT2D eigenvalue weighted by molar-refractivity contribution is -0.158. The fourth-order valence-corrected chi connectivity index (χ4v) is 4.25. The SMILES string of the molecule is COc1nc(N2CCC(OC)(C(=O)N3CCOc4c(C#N)cncc4C3)CC2)c(F)cc1F. The Morgan fingerprint density at radius 3 is 2.64 bits per heavy atom. The molecule has 33 heavy (non-hydrogen) atoms. The molecule has 4 heterocycles. The van der Waals surface area contributed by atoms with Crippen LogP contribution >= 0.6 is 0 Å². The van der Waals surface area contributed by atoms with Crippen LogP contribution in [0.5, 0.6) is 11.6 Å². The van der Waals surface area contributed by atoms with Gasteiger partial charge in [0, 0.05) is 57.1 Å². The number of nitrogens with zero attached hydrogens (tertiary/aromatic N) is 5. The summed E-state index contributed by atoms with van der Waals surface area (Å²) in [4.78, 5) is 24.8. The maximum Gasteiger partial charge on any atom is 0.255 e. The van der Waals surface area contributed by atoms with E-state index in [0.717, 1.165) is 6.07 Å². The van der Waals surface area contributed by atoms with E-state index >= 15 is 0 Å². The lowest BCUT2D eigenvalue weighted by Crippen LogP contribution is -2.56. The minimum Gasteiger partial charge on any atom is -0.490 e. The molecule has 2 aliphatic rings. The van der Waals surface area contributed by atoms with Crippen molar-refractivity contribution in [2.75, 3.05) is 45.4 Å². The van der Waals surface area contributed by atoms with Crippen LogP contribution in [0, 0.1) is 23.0 Å². The average molecular weight is 459 g/mol. The van der Waals surface area contributed by atoms with Gasteiger partial charge in [-0.1, -0.05) is 0 Å². The monoisotopic (exact) mass is 459 g/mol. The van der Waals surface area contributed by atoms with Crippen molar-refractivity contribution in [2.45, 2.75) is 25.0 Å². The highest BCUT2D eigenvalue weighted by Crippen LogP contribution is 2.34. The van der Waals surface area contributed by atoms with E-state index in [-0.39, 0.29) is 56.7 Å². The number of rotatable bonds is 4. The molecule has 1 amide bonds. The zero-order valence-corrected chi connectivity index (χ0v) is 18.3. The van der Waals surface area contributed by atoms with E-state index in [1.165, 1.54) is 20.4 Å². The second kappa shape index (κ2) is 9.15. The lowest BCUT2D eigenvalue weighted by Gasteiger charge is -2.42. The van der Waals surface area contributed by atoms with Gasteiger partial charge in [-0.05, 0) is 0 Å². The summed E-state index contributed by atoms with van der Waals surface area (Å²) in [5.41, 5.74) is -0.143. The molecule has 4 rings (SSSR count). The number of carbonyl (C=O) groups is 1. The average Bonchev–Trinajstić information content (AvgIpc) is 3.06. The van der Waals surface area contributed by atoms with E-state index in [2.05, 4.69) is 16.0 Å². The summed E-state index contributed by atoms with van der Waals surface area (Å²) in [7, 11) is 2.74. The number of carbonyl (C=O) groups excluding carboxylic acids is 1. The molecule has 0 aliphatic carbocycles. The van der Waals surface area contributed by atoms with Crippen LogP contribution in [0.3, 0.4) is 0 Å². The fraction of sp³-hybridized carbons (Fsp3) is 0.455. The number of amides is 1. The Kier molecular flexibility index (Phi) is 6.29. The third-order valence-electron chi connectivity index (χ3n) is 6.07. The van der Waals surface area contributed by atoms with E-state index in [4.69, 9.17) is 14.2 Å². The second-order valence-corrected chi connectivity index (χ2v) is 7.83. The Morgan fingerprint density at radius 2 is 1.97 bits per heavy atom. The molecule has 0 radical (unpaired) electrons. The first-order chi connectivity index (χ1) is 15.9. The van der Waals surface area contributed by atoms with Crippen LogP contribution in [-0.4, -0.2) is 66.8 Å². The van der Waals surface area contributed by atoms with Crippen LogP contribution in [0.15, 0.2) is 18.5 Å². The number of nitriles is 1. The summed E-state index contributed by atoms with van der Waals surface area (Å²) in [6, 6.07) is 2.79. The van der Waals surface area contributed by atoms with Gasteiger partial charge in [-0.2, -0.15) is 10.2 Å². The number of fused-ring (bicyclic) bond motifs is 1. The molecule has 11 heteroatoms. The molecule has 2 aliphatic heterocycles. The summed E-state index contributed by atoms with van der Waals surface area (Å²) < 4.78 is 44.4. The van der Waals surface area contributed by atoms with Gasteiger partial charge in [0.15, 0.2) is 17.5 Å². The Balaban J connectivity index is 1.52. The van der Waals surface area contributed by atoms with E-state index in [1.54, 1.807) is 16.0 Å². The number of aromatic nitrogens is 2. The summed E-state index contributed by atoms with van der Waals surface area (Å²) in [5.74, 6) is -1.77. The molecule has 0 atom stereocenters. The molecule has 0 spiro atoms. The van der Waals surface area contributed by atoms with E-state index < -0.39 is 17.2 Å². The number of halogens is 2. The highest BCUT2D eigenvalue weighted by Gasteiger charge is 2.45. The lowest BCUT2D eigenvalue weighted by atomic mass is 9.89. The minimum absolute atomic E-state index is 0.0300. The molecule has 0 N–H and O–H groups in total. The van der Waals surface area contributed by atoms with Gasteiger partial charge in [0.05, 0.1) is 20.2 Å². The quantitative estimate of drug-likeness (QED) is 0.685. The van der Waals surface area contributed by atoms with Crippen molar-refractivity contribution in [1.29, 1.82) is 5.26 Å². The van der Waals surface area contributed by atoms with Crippen molar-refractivity contribution in [3.05, 3.63) is 41.2 Å². The molecular weight excluding hydrogens is 436 g/mol. The summed E-state index contributed by atoms with van der Waals surface area (Å²) in [5, 5.41) is 9.29. The first-order valence-electron chi connectivity index (χ1n) is 10.4. The van der Waals surface area contributed by atoms with E-state index in [9.17, 15) is 18.8 Å². The molecule has 2 aromatic heterocycles. The summed E-state index contributed by atoms with van der Waals surface area (Å²) >= 11 is 0. The highest BCUT2D eigenvalue weighted by atomic mass is 19.1. The van der Waals surface area contributed by atoms with E-state index in [0.29, 0.717) is 23.4 Å². The zero-order chi connectivity index (χ0) is 23.6. The maximum absolute atomic E-state index is 14.4. The topological polar surface area (TPSA) is 101 Å². The smallest absolute Gasteiger partial charge is 0.255 e. The molecule has 0 bridgehead atoms. The fourth-order valence-electron chi connectivity index (χ4n) is 4.25. The predicted octanol–water partition coefficient (Wildman–Crippen LogP) is 2.04. The maximum atomic E-state index is 14.4. The third kappa shape index (κ3) is 4.14. The summed E-state index contributed by atoms with van der Waals surface area (Å²) in [6.07, 6.45) is 3.58. The standard InChI is InChI=1S/C22H23F2N5O4/c1-31-20-17(24)9-16(23)19(27-20)28-5-3-22(32-2,4-6-28)21(30)29-7-8-33-18-14(10-25)11-26-12-15(18)13-29/h9,11-12H,3-8,13H2,1-2H3. The van der Waals surface area contributed by atoms with Crippen molar-refractivity contribution in [3.8, 4) is 17.7 Å². The van der Waals surface area contributed by atoms with Crippen LogP contribution in [0.4, 0.5) is 14.6 Å². The van der Waals surface area contributed by atoms with E-state index in [1.807, 2.05) is 0 Å². The van der Waals surface area contributed by atoms with Crippen LogP contribution in [0.25, 0.3) is 0 Å². The Bertz CT molecular complexity index is 1100. The van der Waals surface area contributed by atoms with Crippen LogP contribution in [-0.2, 0) is 16.1 Å². The first kappa shape index (κ1) is 22.7.